The Bertz CT molecular complexity index is 926. The van der Waals surface area contributed by atoms with Crippen LogP contribution in [0.25, 0.3) is 16.6 Å². The van der Waals surface area contributed by atoms with Crippen LogP contribution in [0, 0.1) is 5.82 Å². The van der Waals surface area contributed by atoms with Crippen molar-refractivity contribution in [3.63, 3.8) is 0 Å². The van der Waals surface area contributed by atoms with Gasteiger partial charge in [0.25, 0.3) is 10.1 Å². The Kier molecular flexibility index (Phi) is 4.05. The van der Waals surface area contributed by atoms with Crippen molar-refractivity contribution in [3.05, 3.63) is 41.5 Å². The summed E-state index contributed by atoms with van der Waals surface area (Å²) in [6.45, 7) is 3.15. The standard InChI is InChI=1S/C15H16FN3.CH4O3S/c1-9-17-8-14-15-11(5-6-19(9)14)12-7-10(16)3-4-13(12)18(15)2;1-5(2,3)4/h3-4,7-9,17H,5-6H2,1-2H3;1H3,(H,2,3,4). The van der Waals surface area contributed by atoms with E-state index in [1.807, 2.05) is 6.07 Å². The van der Waals surface area contributed by atoms with Crippen LogP contribution in [0.5, 0.6) is 0 Å². The third kappa shape index (κ3) is 2.99. The lowest BCUT2D eigenvalue weighted by Crippen LogP contribution is -2.37. The van der Waals surface area contributed by atoms with Crippen LogP contribution in [-0.4, -0.2) is 41.4 Å². The fourth-order valence-electron chi connectivity index (χ4n) is 3.40. The first-order chi connectivity index (χ1) is 11.2. The molecule has 2 aliphatic heterocycles. The second-order valence-electron chi connectivity index (χ2n) is 6.10. The van der Waals surface area contributed by atoms with Gasteiger partial charge in [0, 0.05) is 30.7 Å². The number of nitrogens with zero attached hydrogens (tertiary/aromatic N) is 2. The third-order valence-corrected chi connectivity index (χ3v) is 4.35. The molecule has 130 valence electrons. The van der Waals surface area contributed by atoms with E-state index in [9.17, 15) is 12.8 Å². The molecule has 24 heavy (non-hydrogen) atoms. The van der Waals surface area contributed by atoms with Crippen molar-refractivity contribution in [2.24, 2.45) is 7.05 Å². The molecule has 0 fully saturated rings. The highest BCUT2D eigenvalue weighted by Gasteiger charge is 2.32. The molecule has 0 saturated heterocycles. The molecular weight excluding hydrogens is 333 g/mol. The van der Waals surface area contributed by atoms with Gasteiger partial charge in [-0.25, -0.2) is 4.39 Å². The van der Waals surface area contributed by atoms with E-state index in [-0.39, 0.29) is 5.82 Å². The summed E-state index contributed by atoms with van der Waals surface area (Å²) in [5.41, 5.74) is 4.83. The molecule has 0 radical (unpaired) electrons. The summed E-state index contributed by atoms with van der Waals surface area (Å²) in [4.78, 5) is 2.37. The van der Waals surface area contributed by atoms with Crippen molar-refractivity contribution in [2.75, 3.05) is 12.8 Å². The van der Waals surface area contributed by atoms with Gasteiger partial charge in [-0.2, -0.15) is 8.42 Å². The van der Waals surface area contributed by atoms with Gasteiger partial charge in [-0.05, 0) is 37.1 Å². The van der Waals surface area contributed by atoms with E-state index in [0.717, 1.165) is 23.9 Å². The van der Waals surface area contributed by atoms with E-state index in [1.54, 1.807) is 6.07 Å². The predicted molar refractivity (Wildman–Crippen MR) is 91.3 cm³/mol. The molecule has 8 heteroatoms. The Morgan fingerprint density at radius 2 is 2.04 bits per heavy atom. The molecule has 0 aliphatic carbocycles. The van der Waals surface area contributed by atoms with Crippen molar-refractivity contribution in [3.8, 4) is 0 Å². The summed E-state index contributed by atoms with van der Waals surface area (Å²) in [6, 6.07) is 5.07. The fraction of sp³-hybridized carbons (Fsp3) is 0.375. The molecule has 1 atom stereocenters. The smallest absolute Gasteiger partial charge is 0.261 e. The van der Waals surface area contributed by atoms with Crippen LogP contribution in [0.1, 0.15) is 18.2 Å². The van der Waals surface area contributed by atoms with E-state index >= 15 is 0 Å². The molecule has 0 amide bonds. The molecule has 0 spiro atoms. The maximum absolute atomic E-state index is 13.5. The minimum absolute atomic E-state index is 0.157. The second-order valence-corrected chi connectivity index (χ2v) is 7.56. The van der Waals surface area contributed by atoms with Crippen LogP contribution >= 0.6 is 0 Å². The molecule has 3 heterocycles. The van der Waals surface area contributed by atoms with Gasteiger partial charge in [0.1, 0.15) is 5.82 Å². The van der Waals surface area contributed by atoms with Gasteiger partial charge in [-0.15, -0.1) is 0 Å². The summed E-state index contributed by atoms with van der Waals surface area (Å²) in [5.74, 6) is -0.157. The molecule has 1 aromatic carbocycles. The topological polar surface area (TPSA) is 74.6 Å². The summed E-state index contributed by atoms with van der Waals surface area (Å²) in [5, 5.41) is 4.42. The van der Waals surface area contributed by atoms with Crippen molar-refractivity contribution in [1.29, 1.82) is 0 Å². The lowest BCUT2D eigenvalue weighted by Gasteiger charge is -2.31. The maximum atomic E-state index is 13.5. The minimum Gasteiger partial charge on any atom is -0.370 e. The number of halogens is 1. The van der Waals surface area contributed by atoms with Gasteiger partial charge in [0.05, 0.1) is 23.8 Å². The van der Waals surface area contributed by atoms with Crippen LogP contribution in [0.4, 0.5) is 4.39 Å². The highest BCUT2D eigenvalue weighted by atomic mass is 32.2. The van der Waals surface area contributed by atoms with Gasteiger partial charge < -0.3 is 14.8 Å². The van der Waals surface area contributed by atoms with Crippen molar-refractivity contribution in [2.45, 2.75) is 19.5 Å². The molecule has 4 rings (SSSR count). The van der Waals surface area contributed by atoms with Gasteiger partial charge >= 0.3 is 0 Å². The molecular formula is C16H20FN3O3S. The lowest BCUT2D eigenvalue weighted by atomic mass is 10.0. The number of hydrogen-bond acceptors (Lipinski definition) is 4. The van der Waals surface area contributed by atoms with Crippen LogP contribution < -0.4 is 5.32 Å². The lowest BCUT2D eigenvalue weighted by molar-refractivity contribution is 0.307. The largest absolute Gasteiger partial charge is 0.370 e. The zero-order chi connectivity index (χ0) is 17.6. The number of benzene rings is 1. The molecule has 2 N–H and O–H groups in total. The Morgan fingerprint density at radius 3 is 2.71 bits per heavy atom. The zero-order valence-corrected chi connectivity index (χ0v) is 14.6. The molecule has 2 aliphatic rings. The molecule has 2 aromatic rings. The van der Waals surface area contributed by atoms with Gasteiger partial charge in [-0.1, -0.05) is 0 Å². The Morgan fingerprint density at radius 1 is 1.38 bits per heavy atom. The first-order valence-electron chi connectivity index (χ1n) is 7.59. The minimum atomic E-state index is -3.67. The number of aromatic nitrogens is 1. The molecule has 6 nitrogen and oxygen atoms in total. The van der Waals surface area contributed by atoms with Gasteiger partial charge in [0.15, 0.2) is 0 Å². The van der Waals surface area contributed by atoms with Crippen LogP contribution in [-0.2, 0) is 23.6 Å². The highest BCUT2D eigenvalue weighted by molar-refractivity contribution is 7.85. The maximum Gasteiger partial charge on any atom is 0.261 e. The van der Waals surface area contributed by atoms with Gasteiger partial charge in [0.2, 0.25) is 0 Å². The van der Waals surface area contributed by atoms with Crippen molar-refractivity contribution in [1.82, 2.24) is 14.8 Å². The highest BCUT2D eigenvalue weighted by Crippen LogP contribution is 2.38. The Balaban J connectivity index is 0.000000300. The van der Waals surface area contributed by atoms with Crippen LogP contribution in [0.3, 0.4) is 0 Å². The monoisotopic (exact) mass is 353 g/mol. The average molecular weight is 353 g/mol. The number of rotatable bonds is 0. The quantitative estimate of drug-likeness (QED) is 0.708. The first kappa shape index (κ1) is 16.8. The Hall–Kier alpha value is -2.06. The summed E-state index contributed by atoms with van der Waals surface area (Å²) >= 11 is 0. The van der Waals surface area contributed by atoms with Gasteiger partial charge in [-0.3, -0.25) is 4.55 Å². The number of fused-ring (bicyclic) bond motifs is 5. The van der Waals surface area contributed by atoms with E-state index < -0.39 is 10.1 Å². The van der Waals surface area contributed by atoms with Crippen molar-refractivity contribution >= 4 is 26.7 Å². The number of nitrogens with one attached hydrogen (secondary N) is 1. The van der Waals surface area contributed by atoms with E-state index in [0.29, 0.717) is 12.4 Å². The SMILES string of the molecule is CC1NC=C2c3c(c4cc(F)ccc4n3C)CCN21.CS(=O)(=O)O. The molecule has 1 unspecified atom stereocenters. The third-order valence-electron chi connectivity index (χ3n) is 4.35. The molecule has 0 saturated carbocycles. The summed E-state index contributed by atoms with van der Waals surface area (Å²) in [7, 11) is -1.60. The van der Waals surface area contributed by atoms with E-state index in [1.165, 1.54) is 23.0 Å². The molecule has 0 bridgehead atoms. The second kappa shape index (κ2) is 5.78. The van der Waals surface area contributed by atoms with E-state index in [2.05, 4.69) is 35.0 Å². The van der Waals surface area contributed by atoms with E-state index in [4.69, 9.17) is 4.55 Å². The fourth-order valence-corrected chi connectivity index (χ4v) is 3.40. The van der Waals surface area contributed by atoms with Crippen LogP contribution in [0.15, 0.2) is 24.4 Å². The number of hydrogen-bond donors (Lipinski definition) is 2. The van der Waals surface area contributed by atoms with Crippen molar-refractivity contribution < 1.29 is 17.4 Å². The zero-order valence-electron chi connectivity index (χ0n) is 13.7. The predicted octanol–water partition coefficient (Wildman–Crippen LogP) is 1.93. The summed E-state index contributed by atoms with van der Waals surface area (Å²) < 4.78 is 41.5. The first-order valence-corrected chi connectivity index (χ1v) is 9.44. The Labute approximate surface area is 140 Å². The summed E-state index contributed by atoms with van der Waals surface area (Å²) in [6.07, 6.45) is 4.11. The molecule has 1 aromatic heterocycles. The van der Waals surface area contributed by atoms with Crippen LogP contribution in [0.2, 0.25) is 0 Å². The normalized spacial score (nSPS) is 19.1. The number of aryl methyl sites for hydroxylation is 1. The average Bonchev–Trinajstić information content (AvgIpc) is 2.97.